The molecule has 7 rings (SSSR count). The van der Waals surface area contributed by atoms with Crippen molar-refractivity contribution >= 4 is 5.65 Å². The molecule has 158 valence electrons. The van der Waals surface area contributed by atoms with Crippen LogP contribution in [0.5, 0.6) is 5.88 Å². The molecule has 0 aliphatic heterocycles. The van der Waals surface area contributed by atoms with Gasteiger partial charge in [-0.05, 0) is 56.6 Å². The molecule has 31 heavy (non-hydrogen) atoms. The van der Waals surface area contributed by atoms with Crippen molar-refractivity contribution in [1.29, 1.82) is 0 Å². The summed E-state index contributed by atoms with van der Waals surface area (Å²) < 4.78 is 13.4. The van der Waals surface area contributed by atoms with Crippen LogP contribution in [0.15, 0.2) is 22.7 Å². The molecule has 2 bridgehead atoms. The Kier molecular flexibility index (Phi) is 4.22. The molecule has 0 N–H and O–H groups in total. The fourth-order valence-electron chi connectivity index (χ4n) is 4.94. The SMILES string of the molecule is CCc1noc(-c2nnc3c4c(c(OCc5cccc(C)n5)nn23)C2CCC4CC2)n1. The van der Waals surface area contributed by atoms with Crippen LogP contribution in [0.2, 0.25) is 0 Å². The third-order valence-corrected chi connectivity index (χ3v) is 6.42. The van der Waals surface area contributed by atoms with E-state index in [-0.39, 0.29) is 0 Å². The highest BCUT2D eigenvalue weighted by Crippen LogP contribution is 2.53. The van der Waals surface area contributed by atoms with Crippen LogP contribution >= 0.6 is 0 Å². The van der Waals surface area contributed by atoms with Gasteiger partial charge < -0.3 is 9.26 Å². The number of aromatic nitrogens is 7. The second kappa shape index (κ2) is 7.11. The molecule has 4 aromatic heterocycles. The summed E-state index contributed by atoms with van der Waals surface area (Å²) in [5, 5.41) is 17.7. The predicted octanol–water partition coefficient (Wildman–Crippen LogP) is 3.77. The molecule has 9 nitrogen and oxygen atoms in total. The maximum atomic E-state index is 6.28. The highest BCUT2D eigenvalue weighted by Gasteiger charge is 2.39. The van der Waals surface area contributed by atoms with E-state index in [2.05, 4.69) is 25.3 Å². The van der Waals surface area contributed by atoms with Crippen LogP contribution in [0.1, 0.15) is 72.8 Å². The number of nitrogens with zero attached hydrogens (tertiary/aromatic N) is 7. The Morgan fingerprint density at radius 3 is 2.61 bits per heavy atom. The van der Waals surface area contributed by atoms with E-state index in [0.29, 0.717) is 48.3 Å². The third kappa shape index (κ3) is 2.98. The standard InChI is InChI=1S/C22H23N7O2/c1-3-16-24-22(31-28-16)20-26-25-19-17-13-7-9-14(10-8-13)18(17)21(27-29(19)20)30-11-15-6-4-5-12(2)23-15/h4-6,13-14H,3,7-11H2,1-2H3. The van der Waals surface area contributed by atoms with Crippen molar-refractivity contribution in [3.63, 3.8) is 0 Å². The number of aryl methyl sites for hydroxylation is 2. The number of pyridine rings is 1. The summed E-state index contributed by atoms with van der Waals surface area (Å²) in [5.41, 5.74) is 5.04. The maximum Gasteiger partial charge on any atom is 0.297 e. The molecule has 3 aliphatic rings. The van der Waals surface area contributed by atoms with E-state index >= 15 is 0 Å². The fraction of sp³-hybridized carbons (Fsp3) is 0.455. The minimum Gasteiger partial charge on any atom is -0.470 e. The zero-order valence-corrected chi connectivity index (χ0v) is 17.6. The minimum absolute atomic E-state index is 0.323. The lowest BCUT2D eigenvalue weighted by atomic mass is 9.67. The molecule has 3 aliphatic carbocycles. The molecule has 0 atom stereocenters. The third-order valence-electron chi connectivity index (χ3n) is 6.42. The lowest BCUT2D eigenvalue weighted by Gasteiger charge is -2.38. The van der Waals surface area contributed by atoms with Crippen molar-refractivity contribution in [3.8, 4) is 17.6 Å². The van der Waals surface area contributed by atoms with E-state index < -0.39 is 0 Å². The molecule has 4 aromatic rings. The molecule has 0 radical (unpaired) electrons. The van der Waals surface area contributed by atoms with Crippen LogP contribution in [-0.4, -0.2) is 34.9 Å². The van der Waals surface area contributed by atoms with Crippen LogP contribution in [0.3, 0.4) is 0 Å². The van der Waals surface area contributed by atoms with Gasteiger partial charge in [0.05, 0.1) is 5.69 Å². The minimum atomic E-state index is 0.323. The van der Waals surface area contributed by atoms with Crippen molar-refractivity contribution in [3.05, 3.63) is 46.5 Å². The van der Waals surface area contributed by atoms with Crippen LogP contribution in [0.25, 0.3) is 17.4 Å². The highest BCUT2D eigenvalue weighted by atomic mass is 16.5. The highest BCUT2D eigenvalue weighted by molar-refractivity contribution is 5.62. The number of fused-ring (bicyclic) bond motifs is 3. The van der Waals surface area contributed by atoms with Crippen molar-refractivity contribution in [2.45, 2.75) is 64.4 Å². The summed E-state index contributed by atoms with van der Waals surface area (Å²) in [6.45, 7) is 4.32. The van der Waals surface area contributed by atoms with E-state index in [1.165, 1.54) is 36.8 Å². The lowest BCUT2D eigenvalue weighted by molar-refractivity contribution is 0.264. The molecule has 0 aromatic carbocycles. The zero-order valence-electron chi connectivity index (χ0n) is 17.6. The number of hydrogen-bond acceptors (Lipinski definition) is 8. The summed E-state index contributed by atoms with van der Waals surface area (Å²) in [6.07, 6.45) is 5.35. The summed E-state index contributed by atoms with van der Waals surface area (Å²) in [7, 11) is 0. The molecule has 4 heterocycles. The molecule has 0 spiro atoms. The van der Waals surface area contributed by atoms with Crippen molar-refractivity contribution < 1.29 is 9.26 Å². The Morgan fingerprint density at radius 2 is 1.87 bits per heavy atom. The van der Waals surface area contributed by atoms with Crippen LogP contribution in [-0.2, 0) is 13.0 Å². The van der Waals surface area contributed by atoms with Gasteiger partial charge in [0, 0.05) is 23.2 Å². The second-order valence-electron chi connectivity index (χ2n) is 8.37. The van der Waals surface area contributed by atoms with Gasteiger partial charge in [-0.3, -0.25) is 4.98 Å². The summed E-state index contributed by atoms with van der Waals surface area (Å²) in [4.78, 5) is 8.98. The molecular weight excluding hydrogens is 394 g/mol. The molecule has 1 fully saturated rings. The first-order valence-corrected chi connectivity index (χ1v) is 10.9. The van der Waals surface area contributed by atoms with Gasteiger partial charge in [0.25, 0.3) is 5.89 Å². The first kappa shape index (κ1) is 18.4. The smallest absolute Gasteiger partial charge is 0.297 e. The second-order valence-corrected chi connectivity index (χ2v) is 8.37. The monoisotopic (exact) mass is 417 g/mol. The van der Waals surface area contributed by atoms with Gasteiger partial charge in [-0.1, -0.05) is 18.1 Å². The first-order valence-electron chi connectivity index (χ1n) is 10.9. The van der Waals surface area contributed by atoms with Crippen molar-refractivity contribution in [2.24, 2.45) is 0 Å². The van der Waals surface area contributed by atoms with E-state index in [0.717, 1.165) is 17.0 Å². The van der Waals surface area contributed by atoms with E-state index in [4.69, 9.17) is 14.4 Å². The Bertz CT molecular complexity index is 1270. The van der Waals surface area contributed by atoms with Gasteiger partial charge in [-0.2, -0.15) is 9.50 Å². The van der Waals surface area contributed by atoms with Gasteiger partial charge >= 0.3 is 0 Å². The van der Waals surface area contributed by atoms with Gasteiger partial charge in [-0.15, -0.1) is 15.3 Å². The molecule has 0 amide bonds. The van der Waals surface area contributed by atoms with E-state index in [1.54, 1.807) is 4.52 Å². The summed E-state index contributed by atoms with van der Waals surface area (Å²) >= 11 is 0. The van der Waals surface area contributed by atoms with Gasteiger partial charge in [-0.25, -0.2) is 0 Å². The first-order chi connectivity index (χ1) is 15.2. The van der Waals surface area contributed by atoms with Gasteiger partial charge in [0.15, 0.2) is 11.5 Å². The molecule has 9 heteroatoms. The average molecular weight is 417 g/mol. The summed E-state index contributed by atoms with van der Waals surface area (Å²) in [5.74, 6) is 2.94. The topological polar surface area (TPSA) is 104 Å². The molecule has 1 saturated carbocycles. The van der Waals surface area contributed by atoms with Crippen LogP contribution < -0.4 is 4.74 Å². The van der Waals surface area contributed by atoms with Crippen LogP contribution in [0.4, 0.5) is 0 Å². The van der Waals surface area contributed by atoms with Crippen LogP contribution in [0, 0.1) is 6.92 Å². The number of hydrogen-bond donors (Lipinski definition) is 0. The Balaban J connectivity index is 1.48. The quantitative estimate of drug-likeness (QED) is 0.483. The average Bonchev–Trinajstić information content (AvgIpc) is 3.45. The Morgan fingerprint density at radius 1 is 1.06 bits per heavy atom. The Hall–Kier alpha value is -3.36. The van der Waals surface area contributed by atoms with Crippen molar-refractivity contribution in [2.75, 3.05) is 0 Å². The predicted molar refractivity (Wildman–Crippen MR) is 111 cm³/mol. The zero-order chi connectivity index (χ0) is 20.9. The Labute approximate surface area is 178 Å². The largest absolute Gasteiger partial charge is 0.470 e. The van der Waals surface area contributed by atoms with Crippen molar-refractivity contribution in [1.82, 2.24) is 34.9 Å². The van der Waals surface area contributed by atoms with E-state index in [1.807, 2.05) is 32.0 Å². The number of ether oxygens (including phenoxy) is 1. The van der Waals surface area contributed by atoms with Gasteiger partial charge in [0.1, 0.15) is 6.61 Å². The normalized spacial score (nSPS) is 19.7. The summed E-state index contributed by atoms with van der Waals surface area (Å²) in [6, 6.07) is 5.94. The number of rotatable bonds is 5. The molecular formula is C22H23N7O2. The molecule has 0 saturated heterocycles. The molecule has 0 unspecified atom stereocenters. The maximum absolute atomic E-state index is 6.28. The van der Waals surface area contributed by atoms with Gasteiger partial charge in [0.2, 0.25) is 11.7 Å². The fourth-order valence-corrected chi connectivity index (χ4v) is 4.94. The van der Waals surface area contributed by atoms with E-state index in [9.17, 15) is 0 Å². The lowest BCUT2D eigenvalue weighted by Crippen LogP contribution is -2.25.